The highest BCUT2D eigenvalue weighted by Crippen LogP contribution is 2.36. The number of nitrogens with zero attached hydrogens (tertiary/aromatic N) is 5. The normalized spacial score (nSPS) is 11.1. The molecule has 0 radical (unpaired) electrons. The number of fused-ring (bicyclic) bond motifs is 1. The third kappa shape index (κ3) is 7.23. The predicted molar refractivity (Wildman–Crippen MR) is 241 cm³/mol. The van der Waals surface area contributed by atoms with Crippen LogP contribution in [-0.4, -0.2) is 24.9 Å². The van der Waals surface area contributed by atoms with Gasteiger partial charge in [-0.25, -0.2) is 24.9 Å². The van der Waals surface area contributed by atoms with Crippen molar-refractivity contribution in [2.24, 2.45) is 0 Å². The highest BCUT2D eigenvalue weighted by Gasteiger charge is 2.17. The Kier molecular flexibility index (Phi) is 9.25. The van der Waals surface area contributed by atoms with Gasteiger partial charge in [-0.1, -0.05) is 182 Å². The summed E-state index contributed by atoms with van der Waals surface area (Å²) in [5.41, 5.74) is 19.8. The number of hydrogen-bond donors (Lipinski definition) is 1. The summed E-state index contributed by atoms with van der Waals surface area (Å²) in [5, 5.41) is 1.03. The standard InChI is InChI=1S/C53H36N6/c54-44-20-12-18-42(34-44)36-27-31-40(32-28-36)52-57-51(38-15-5-2-6-16-38)58-53(59-52)46-22-8-7-21-45(46)43-19-11-17-41(33-43)35-25-29-39(30-26-35)50-55-48-24-10-9-23-47(48)49(56-50)37-13-3-1-4-14-37/h1-34H,54H2. The topological polar surface area (TPSA) is 90.5 Å². The molecule has 10 rings (SSSR count). The number of rotatable bonds is 8. The van der Waals surface area contributed by atoms with Gasteiger partial charge in [0.05, 0.1) is 11.2 Å². The van der Waals surface area contributed by atoms with Crippen LogP contribution in [0, 0.1) is 0 Å². The Balaban J connectivity index is 1.00. The number of hydrogen-bond acceptors (Lipinski definition) is 6. The molecule has 0 aliphatic heterocycles. The van der Waals surface area contributed by atoms with Crippen molar-refractivity contribution in [3.8, 4) is 90.2 Å². The van der Waals surface area contributed by atoms with Gasteiger partial charge in [0.15, 0.2) is 23.3 Å². The largest absolute Gasteiger partial charge is 0.399 e. The zero-order valence-corrected chi connectivity index (χ0v) is 31.9. The lowest BCUT2D eigenvalue weighted by Gasteiger charge is -2.13. The van der Waals surface area contributed by atoms with Gasteiger partial charge in [-0.15, -0.1) is 0 Å². The van der Waals surface area contributed by atoms with E-state index in [0.717, 1.165) is 83.5 Å². The molecule has 0 spiro atoms. The van der Waals surface area contributed by atoms with E-state index in [1.165, 1.54) is 0 Å². The van der Waals surface area contributed by atoms with Crippen LogP contribution in [0.25, 0.3) is 101 Å². The smallest absolute Gasteiger partial charge is 0.164 e. The summed E-state index contributed by atoms with van der Waals surface area (Å²) >= 11 is 0. The number of anilines is 1. The molecular formula is C53H36N6. The van der Waals surface area contributed by atoms with Crippen molar-refractivity contribution in [3.05, 3.63) is 206 Å². The van der Waals surface area contributed by atoms with Crippen molar-refractivity contribution >= 4 is 16.6 Å². The molecule has 0 aliphatic carbocycles. The first-order valence-electron chi connectivity index (χ1n) is 19.5. The molecule has 2 N–H and O–H groups in total. The van der Waals surface area contributed by atoms with Crippen molar-refractivity contribution < 1.29 is 0 Å². The Morgan fingerprint density at radius 1 is 0.271 bits per heavy atom. The van der Waals surface area contributed by atoms with Crippen LogP contribution >= 0.6 is 0 Å². The Morgan fingerprint density at radius 3 is 1.39 bits per heavy atom. The fraction of sp³-hybridized carbons (Fsp3) is 0. The molecule has 2 aromatic heterocycles. The number of para-hydroxylation sites is 1. The number of nitrogen functional groups attached to an aromatic ring is 1. The van der Waals surface area contributed by atoms with Crippen LogP contribution in [-0.2, 0) is 0 Å². The molecule has 2 heterocycles. The second kappa shape index (κ2) is 15.4. The van der Waals surface area contributed by atoms with Crippen molar-refractivity contribution in [1.82, 2.24) is 24.9 Å². The second-order valence-corrected chi connectivity index (χ2v) is 14.4. The summed E-state index contributed by atoms with van der Waals surface area (Å²) in [6, 6.07) is 70.1. The summed E-state index contributed by atoms with van der Waals surface area (Å²) in [5.74, 6) is 2.51. The third-order valence-corrected chi connectivity index (χ3v) is 10.5. The minimum Gasteiger partial charge on any atom is -0.399 e. The van der Waals surface area contributed by atoms with Crippen LogP contribution in [0.15, 0.2) is 206 Å². The predicted octanol–water partition coefficient (Wildman–Crippen LogP) is 12.7. The highest BCUT2D eigenvalue weighted by molar-refractivity contribution is 5.93. The van der Waals surface area contributed by atoms with E-state index in [1.807, 2.05) is 91.0 Å². The summed E-state index contributed by atoms with van der Waals surface area (Å²) in [6.07, 6.45) is 0. The van der Waals surface area contributed by atoms with Crippen molar-refractivity contribution in [1.29, 1.82) is 0 Å². The molecule has 0 atom stereocenters. The summed E-state index contributed by atoms with van der Waals surface area (Å²) in [4.78, 5) is 25.2. The third-order valence-electron chi connectivity index (χ3n) is 10.5. The van der Waals surface area contributed by atoms with Gasteiger partial charge < -0.3 is 5.73 Å². The highest BCUT2D eigenvalue weighted by atomic mass is 15.0. The molecule has 0 aliphatic rings. The monoisotopic (exact) mass is 756 g/mol. The van der Waals surface area contributed by atoms with Gasteiger partial charge in [0, 0.05) is 38.9 Å². The Morgan fingerprint density at radius 2 is 0.729 bits per heavy atom. The van der Waals surface area contributed by atoms with E-state index in [1.54, 1.807) is 0 Å². The van der Waals surface area contributed by atoms with Gasteiger partial charge in [0.25, 0.3) is 0 Å². The summed E-state index contributed by atoms with van der Waals surface area (Å²) in [6.45, 7) is 0. The van der Waals surface area contributed by atoms with Gasteiger partial charge in [0.1, 0.15) is 0 Å². The van der Waals surface area contributed by atoms with Crippen LogP contribution in [0.5, 0.6) is 0 Å². The molecule has 0 amide bonds. The molecule has 8 aromatic carbocycles. The summed E-state index contributed by atoms with van der Waals surface area (Å²) < 4.78 is 0. The van der Waals surface area contributed by atoms with Crippen LogP contribution in [0.1, 0.15) is 0 Å². The molecule has 6 nitrogen and oxygen atoms in total. The molecule has 0 unspecified atom stereocenters. The first kappa shape index (κ1) is 35.3. The van der Waals surface area contributed by atoms with Crippen LogP contribution < -0.4 is 5.73 Å². The van der Waals surface area contributed by atoms with Crippen LogP contribution in [0.2, 0.25) is 0 Å². The quantitative estimate of drug-likeness (QED) is 0.155. The van der Waals surface area contributed by atoms with E-state index in [2.05, 4.69) is 115 Å². The maximum absolute atomic E-state index is 6.08. The van der Waals surface area contributed by atoms with Crippen LogP contribution in [0.3, 0.4) is 0 Å². The fourth-order valence-electron chi connectivity index (χ4n) is 7.50. The van der Waals surface area contributed by atoms with E-state index >= 15 is 0 Å². The van der Waals surface area contributed by atoms with Crippen molar-refractivity contribution in [3.63, 3.8) is 0 Å². The van der Waals surface area contributed by atoms with Gasteiger partial charge in [-0.05, 0) is 57.6 Å². The maximum Gasteiger partial charge on any atom is 0.164 e. The number of benzene rings is 8. The molecule has 0 saturated carbocycles. The number of nitrogens with two attached hydrogens (primary N) is 1. The molecule has 0 fully saturated rings. The van der Waals surface area contributed by atoms with E-state index in [0.29, 0.717) is 23.3 Å². The van der Waals surface area contributed by atoms with E-state index < -0.39 is 0 Å². The molecule has 0 saturated heterocycles. The lowest BCUT2D eigenvalue weighted by Crippen LogP contribution is -2.01. The van der Waals surface area contributed by atoms with Crippen molar-refractivity contribution in [2.75, 3.05) is 5.73 Å². The average Bonchev–Trinajstić information content (AvgIpc) is 3.32. The Labute approximate surface area is 342 Å². The average molecular weight is 757 g/mol. The summed E-state index contributed by atoms with van der Waals surface area (Å²) in [7, 11) is 0. The van der Waals surface area contributed by atoms with Gasteiger partial charge in [-0.2, -0.15) is 0 Å². The van der Waals surface area contributed by atoms with Gasteiger partial charge >= 0.3 is 0 Å². The SMILES string of the molecule is Nc1cccc(-c2ccc(-c3nc(-c4ccccc4)nc(-c4ccccc4-c4cccc(-c5ccc(-c6nc(-c7ccccc7)c7ccccc7n6)cc5)c4)n3)cc2)c1. The van der Waals surface area contributed by atoms with E-state index in [-0.39, 0.29) is 0 Å². The molecule has 59 heavy (non-hydrogen) atoms. The zero-order chi connectivity index (χ0) is 39.5. The lowest BCUT2D eigenvalue weighted by atomic mass is 9.95. The molecule has 6 heteroatoms. The first-order chi connectivity index (χ1) is 29.1. The molecular weight excluding hydrogens is 721 g/mol. The molecule has 0 bridgehead atoms. The molecule has 10 aromatic rings. The van der Waals surface area contributed by atoms with E-state index in [4.69, 9.17) is 30.7 Å². The molecule has 278 valence electrons. The van der Waals surface area contributed by atoms with E-state index in [9.17, 15) is 0 Å². The first-order valence-corrected chi connectivity index (χ1v) is 19.5. The Bertz CT molecular complexity index is 3090. The lowest BCUT2D eigenvalue weighted by molar-refractivity contribution is 1.07. The number of aromatic nitrogens is 5. The fourth-order valence-corrected chi connectivity index (χ4v) is 7.50. The van der Waals surface area contributed by atoms with Gasteiger partial charge in [0.2, 0.25) is 0 Å². The van der Waals surface area contributed by atoms with Crippen molar-refractivity contribution in [2.45, 2.75) is 0 Å². The Hall–Kier alpha value is -8.09. The zero-order valence-electron chi connectivity index (χ0n) is 31.9. The maximum atomic E-state index is 6.08. The second-order valence-electron chi connectivity index (χ2n) is 14.4. The minimum absolute atomic E-state index is 0.600. The van der Waals surface area contributed by atoms with Crippen LogP contribution in [0.4, 0.5) is 5.69 Å². The minimum atomic E-state index is 0.600. The van der Waals surface area contributed by atoms with Gasteiger partial charge in [-0.3, -0.25) is 0 Å².